The molecule has 0 aromatic heterocycles. The molecule has 0 spiro atoms. The second-order valence-corrected chi connectivity index (χ2v) is 3.89. The number of fused-ring (bicyclic) bond motifs is 1. The molecule has 1 unspecified atom stereocenters. The van der Waals surface area contributed by atoms with Gasteiger partial charge in [0.1, 0.15) is 5.75 Å². The number of nitrogens with one attached hydrogen (secondary N) is 1. The van der Waals surface area contributed by atoms with Gasteiger partial charge >= 0.3 is 0 Å². The third kappa shape index (κ3) is 3.05. The number of ether oxygens (including phenoxy) is 3. The first-order chi connectivity index (χ1) is 8.83. The van der Waals surface area contributed by atoms with E-state index >= 15 is 0 Å². The second-order valence-electron chi connectivity index (χ2n) is 3.89. The summed E-state index contributed by atoms with van der Waals surface area (Å²) in [6.07, 6.45) is 0.652. The maximum atomic E-state index is 8.88. The summed E-state index contributed by atoms with van der Waals surface area (Å²) in [5, 5.41) is 12.0. The van der Waals surface area contributed by atoms with Crippen LogP contribution in [0.1, 0.15) is 13.3 Å². The maximum Gasteiger partial charge on any atom is 0.231 e. The molecule has 0 bridgehead atoms. The van der Waals surface area contributed by atoms with Crippen LogP contribution in [0.2, 0.25) is 0 Å². The summed E-state index contributed by atoms with van der Waals surface area (Å²) in [5.74, 6) is 2.17. The van der Waals surface area contributed by atoms with Gasteiger partial charge in [-0.15, -0.1) is 0 Å². The summed E-state index contributed by atoms with van der Waals surface area (Å²) in [6, 6.07) is 7.49. The van der Waals surface area contributed by atoms with Crippen molar-refractivity contribution in [3.63, 3.8) is 0 Å². The molecular weight excluding hydrogens is 232 g/mol. The Morgan fingerprint density at radius 3 is 3.06 bits per heavy atom. The molecule has 0 radical (unpaired) electrons. The highest BCUT2D eigenvalue weighted by Gasteiger charge is 2.13. The number of benzene rings is 1. The minimum absolute atomic E-state index is 0.163. The Balaban J connectivity index is 1.82. The molecule has 0 aliphatic carbocycles. The highest BCUT2D eigenvalue weighted by molar-refractivity contribution is 5.46. The van der Waals surface area contributed by atoms with Gasteiger partial charge in [0.15, 0.2) is 11.5 Å². The molecule has 1 aromatic carbocycles. The summed E-state index contributed by atoms with van der Waals surface area (Å²) in [4.78, 5) is 0. The van der Waals surface area contributed by atoms with Crippen LogP contribution in [-0.4, -0.2) is 26.0 Å². The fourth-order valence-corrected chi connectivity index (χ4v) is 1.72. The van der Waals surface area contributed by atoms with E-state index in [2.05, 4.69) is 11.4 Å². The number of nitriles is 1. The molecule has 0 fully saturated rings. The Hall–Kier alpha value is -1.93. The lowest BCUT2D eigenvalue weighted by molar-refractivity contribution is 0.173. The van der Waals surface area contributed by atoms with Crippen LogP contribution in [0.25, 0.3) is 0 Å². The van der Waals surface area contributed by atoms with E-state index in [-0.39, 0.29) is 12.8 Å². The minimum atomic E-state index is -0.163. The molecule has 2 rings (SSSR count). The van der Waals surface area contributed by atoms with Gasteiger partial charge in [-0.2, -0.15) is 5.26 Å². The van der Waals surface area contributed by atoms with Crippen LogP contribution >= 0.6 is 0 Å². The summed E-state index contributed by atoms with van der Waals surface area (Å²) < 4.78 is 16.1. The zero-order valence-corrected chi connectivity index (χ0v) is 10.3. The topological polar surface area (TPSA) is 63.5 Å². The van der Waals surface area contributed by atoms with Crippen molar-refractivity contribution < 1.29 is 14.2 Å². The molecule has 1 heterocycles. The van der Waals surface area contributed by atoms with E-state index in [1.165, 1.54) is 0 Å². The Kier molecular flexibility index (Phi) is 4.26. The van der Waals surface area contributed by atoms with Crippen LogP contribution in [0.3, 0.4) is 0 Å². The van der Waals surface area contributed by atoms with Gasteiger partial charge in [0.25, 0.3) is 0 Å². The summed E-state index contributed by atoms with van der Waals surface area (Å²) in [5.41, 5.74) is 0. The molecule has 5 heteroatoms. The van der Waals surface area contributed by atoms with Crippen LogP contribution in [0.5, 0.6) is 17.2 Å². The summed E-state index contributed by atoms with van der Waals surface area (Å²) in [6.45, 7) is 3.51. The van der Waals surface area contributed by atoms with Crippen LogP contribution in [0.4, 0.5) is 0 Å². The van der Waals surface area contributed by atoms with Crippen molar-refractivity contribution >= 4 is 0 Å². The summed E-state index contributed by atoms with van der Waals surface area (Å²) in [7, 11) is 0. The number of hydrogen-bond acceptors (Lipinski definition) is 5. The van der Waals surface area contributed by atoms with E-state index in [9.17, 15) is 0 Å². The zero-order chi connectivity index (χ0) is 12.8. The predicted molar refractivity (Wildman–Crippen MR) is 65.8 cm³/mol. The Bertz CT molecular complexity index is 442. The fraction of sp³-hybridized carbons (Fsp3) is 0.462. The summed E-state index contributed by atoms with van der Waals surface area (Å²) >= 11 is 0. The third-order valence-electron chi connectivity index (χ3n) is 2.63. The minimum Gasteiger partial charge on any atom is -0.493 e. The molecule has 0 saturated heterocycles. The molecule has 1 aromatic rings. The fourth-order valence-electron chi connectivity index (χ4n) is 1.72. The van der Waals surface area contributed by atoms with Gasteiger partial charge in [-0.05, 0) is 18.7 Å². The molecule has 1 N–H and O–H groups in total. The van der Waals surface area contributed by atoms with Crippen molar-refractivity contribution in [2.45, 2.75) is 19.4 Å². The van der Waals surface area contributed by atoms with Crippen LogP contribution < -0.4 is 19.5 Å². The lowest BCUT2D eigenvalue weighted by Gasteiger charge is -2.11. The largest absolute Gasteiger partial charge is 0.493 e. The van der Waals surface area contributed by atoms with Crippen molar-refractivity contribution in [1.29, 1.82) is 5.26 Å². The first-order valence-electron chi connectivity index (χ1n) is 5.99. The quantitative estimate of drug-likeness (QED) is 0.830. The van der Waals surface area contributed by atoms with E-state index in [1.807, 2.05) is 19.1 Å². The highest BCUT2D eigenvalue weighted by Crippen LogP contribution is 2.35. The number of rotatable bonds is 6. The lowest BCUT2D eigenvalue weighted by Crippen LogP contribution is -2.28. The normalized spacial score (nSPS) is 14.0. The van der Waals surface area contributed by atoms with Crippen LogP contribution in [0.15, 0.2) is 18.2 Å². The van der Waals surface area contributed by atoms with E-state index in [4.69, 9.17) is 19.5 Å². The molecule has 0 saturated carbocycles. The second kappa shape index (κ2) is 6.12. The zero-order valence-electron chi connectivity index (χ0n) is 10.3. The molecule has 1 aliphatic rings. The van der Waals surface area contributed by atoms with Crippen molar-refractivity contribution in [3.8, 4) is 23.3 Å². The Morgan fingerprint density at radius 2 is 2.28 bits per heavy atom. The van der Waals surface area contributed by atoms with Crippen LogP contribution in [0, 0.1) is 11.3 Å². The van der Waals surface area contributed by atoms with Gasteiger partial charge < -0.3 is 19.5 Å². The molecule has 1 atom stereocenters. The molecule has 96 valence electrons. The molecule has 1 aliphatic heterocycles. The van der Waals surface area contributed by atoms with Crippen molar-refractivity contribution in [3.05, 3.63) is 18.2 Å². The average Bonchev–Trinajstić information content (AvgIpc) is 2.85. The molecular formula is C13H16N2O3. The van der Waals surface area contributed by atoms with Crippen molar-refractivity contribution in [2.75, 3.05) is 19.9 Å². The Labute approximate surface area is 106 Å². The van der Waals surface area contributed by atoms with Crippen molar-refractivity contribution in [1.82, 2.24) is 5.32 Å². The average molecular weight is 248 g/mol. The van der Waals surface area contributed by atoms with E-state index in [1.54, 1.807) is 6.07 Å². The number of hydrogen-bond donors (Lipinski definition) is 1. The van der Waals surface area contributed by atoms with E-state index < -0.39 is 0 Å². The monoisotopic (exact) mass is 248 g/mol. The maximum absolute atomic E-state index is 8.88. The van der Waals surface area contributed by atoms with Gasteiger partial charge in [-0.25, -0.2) is 0 Å². The lowest BCUT2D eigenvalue weighted by atomic mass is 10.2. The van der Waals surface area contributed by atoms with Gasteiger partial charge in [0.05, 0.1) is 18.7 Å². The predicted octanol–water partition coefficient (Wildman–Crippen LogP) is 1.69. The van der Waals surface area contributed by atoms with Crippen molar-refractivity contribution in [2.24, 2.45) is 0 Å². The highest BCUT2D eigenvalue weighted by atomic mass is 16.7. The van der Waals surface area contributed by atoms with Gasteiger partial charge in [-0.3, -0.25) is 0 Å². The van der Waals surface area contributed by atoms with E-state index in [0.717, 1.165) is 18.0 Å². The molecule has 18 heavy (non-hydrogen) atoms. The smallest absolute Gasteiger partial charge is 0.231 e. The van der Waals surface area contributed by atoms with E-state index in [0.29, 0.717) is 18.8 Å². The molecule has 5 nitrogen and oxygen atoms in total. The SMILES string of the molecule is CCNC(C#N)CCOc1ccc2c(c1)OCO2. The molecule has 0 amide bonds. The first kappa shape index (κ1) is 12.5. The standard InChI is InChI=1S/C13H16N2O3/c1-2-15-10(8-14)5-6-16-11-3-4-12-13(7-11)18-9-17-12/h3-4,7,10,15H,2,5-6,9H2,1H3. The number of nitrogens with zero attached hydrogens (tertiary/aromatic N) is 1. The van der Waals surface area contributed by atoms with Gasteiger partial charge in [0, 0.05) is 12.5 Å². The van der Waals surface area contributed by atoms with Gasteiger partial charge in [-0.1, -0.05) is 6.92 Å². The van der Waals surface area contributed by atoms with Crippen LogP contribution in [-0.2, 0) is 0 Å². The first-order valence-corrected chi connectivity index (χ1v) is 5.99. The third-order valence-corrected chi connectivity index (χ3v) is 2.63. The van der Waals surface area contributed by atoms with Gasteiger partial charge in [0.2, 0.25) is 6.79 Å². The Morgan fingerprint density at radius 1 is 1.44 bits per heavy atom.